The van der Waals surface area contributed by atoms with E-state index in [0.717, 1.165) is 35.4 Å². The summed E-state index contributed by atoms with van der Waals surface area (Å²) in [6.07, 6.45) is 2.62. The summed E-state index contributed by atoms with van der Waals surface area (Å²) in [6.45, 7) is 1.21. The van der Waals surface area contributed by atoms with E-state index in [4.69, 9.17) is 9.47 Å². The molecule has 0 aliphatic carbocycles. The Hall–Kier alpha value is -2.83. The summed E-state index contributed by atoms with van der Waals surface area (Å²) in [5.74, 6) is 0.573. The molecule has 3 aromatic rings. The predicted octanol–water partition coefficient (Wildman–Crippen LogP) is 5.36. The van der Waals surface area contributed by atoms with Crippen LogP contribution in [0.2, 0.25) is 0 Å². The van der Waals surface area contributed by atoms with Crippen molar-refractivity contribution in [3.8, 4) is 11.5 Å². The van der Waals surface area contributed by atoms with Gasteiger partial charge in [0.05, 0.1) is 13.2 Å². The Morgan fingerprint density at radius 1 is 1.13 bits per heavy atom. The lowest BCUT2D eigenvalue weighted by atomic mass is 9.95. The molecular formula is C25H27NO4S. The van der Waals surface area contributed by atoms with Crippen LogP contribution in [0.25, 0.3) is 0 Å². The third kappa shape index (κ3) is 4.92. The van der Waals surface area contributed by atoms with Crippen LogP contribution in [-0.4, -0.2) is 35.7 Å². The molecule has 1 saturated heterocycles. The molecule has 5 nitrogen and oxygen atoms in total. The minimum absolute atomic E-state index is 0.126. The second kappa shape index (κ2) is 9.98. The second-order valence-corrected chi connectivity index (χ2v) is 8.67. The summed E-state index contributed by atoms with van der Waals surface area (Å²) < 4.78 is 11.7. The standard InChI is InChI=1S/C25H27NO4S/c1-29-22-16-19(12-13-21(22)30-17-18-8-3-2-4-9-18)24(23-11-7-15-31-23)26-14-6-5-10-20(26)25(27)28/h2-4,7-9,11-13,15-16,20,24H,5-6,10,14,17H2,1H3,(H,27,28). The van der Waals surface area contributed by atoms with Crippen LogP contribution in [0.3, 0.4) is 0 Å². The van der Waals surface area contributed by atoms with Crippen LogP contribution in [0.1, 0.15) is 41.3 Å². The van der Waals surface area contributed by atoms with Crippen molar-refractivity contribution < 1.29 is 19.4 Å². The lowest BCUT2D eigenvalue weighted by Gasteiger charge is -2.39. The number of carboxylic acids is 1. The minimum Gasteiger partial charge on any atom is -0.493 e. The fraction of sp³-hybridized carbons (Fsp3) is 0.320. The van der Waals surface area contributed by atoms with Crippen LogP contribution in [0.4, 0.5) is 0 Å². The van der Waals surface area contributed by atoms with Crippen molar-refractivity contribution in [1.29, 1.82) is 0 Å². The fourth-order valence-corrected chi connectivity index (χ4v) is 5.07. The minimum atomic E-state index is -0.754. The van der Waals surface area contributed by atoms with Gasteiger partial charge >= 0.3 is 5.97 Å². The van der Waals surface area contributed by atoms with Crippen LogP contribution >= 0.6 is 11.3 Å². The Balaban J connectivity index is 1.64. The molecular weight excluding hydrogens is 410 g/mol. The maximum absolute atomic E-state index is 12.0. The average Bonchev–Trinajstić information content (AvgIpc) is 3.33. The molecule has 2 atom stereocenters. The van der Waals surface area contributed by atoms with Crippen LogP contribution in [0, 0.1) is 0 Å². The lowest BCUT2D eigenvalue weighted by molar-refractivity contribution is -0.145. The average molecular weight is 438 g/mol. The molecule has 1 N–H and O–H groups in total. The van der Waals surface area contributed by atoms with Crippen LogP contribution in [-0.2, 0) is 11.4 Å². The summed E-state index contributed by atoms with van der Waals surface area (Å²) in [5, 5.41) is 11.9. The molecule has 1 aromatic heterocycles. The zero-order valence-electron chi connectivity index (χ0n) is 17.6. The van der Waals surface area contributed by atoms with Gasteiger partial charge in [0.1, 0.15) is 12.6 Å². The highest BCUT2D eigenvalue weighted by atomic mass is 32.1. The third-order valence-electron chi connectivity index (χ3n) is 5.71. The molecule has 0 radical (unpaired) electrons. The Bertz CT molecular complexity index is 990. The van der Waals surface area contributed by atoms with Gasteiger partial charge in [0.15, 0.2) is 11.5 Å². The van der Waals surface area contributed by atoms with Crippen molar-refractivity contribution in [2.75, 3.05) is 13.7 Å². The van der Waals surface area contributed by atoms with E-state index >= 15 is 0 Å². The highest BCUT2D eigenvalue weighted by Crippen LogP contribution is 2.39. The topological polar surface area (TPSA) is 59.0 Å². The summed E-state index contributed by atoms with van der Waals surface area (Å²) in [5.41, 5.74) is 2.10. The lowest BCUT2D eigenvalue weighted by Crippen LogP contribution is -2.46. The van der Waals surface area contributed by atoms with Gasteiger partial charge in [-0.2, -0.15) is 0 Å². The van der Waals surface area contributed by atoms with Crippen molar-refractivity contribution in [3.63, 3.8) is 0 Å². The first kappa shape index (κ1) is 21.4. The fourth-order valence-electron chi connectivity index (χ4n) is 4.20. The molecule has 2 heterocycles. The second-order valence-electron chi connectivity index (χ2n) is 7.69. The van der Waals surface area contributed by atoms with Crippen molar-refractivity contribution in [3.05, 3.63) is 82.0 Å². The van der Waals surface area contributed by atoms with E-state index in [1.54, 1.807) is 18.4 Å². The third-order valence-corrected chi connectivity index (χ3v) is 6.64. The maximum atomic E-state index is 12.0. The number of carboxylic acid groups (broad SMARTS) is 1. The van der Waals surface area contributed by atoms with Crippen molar-refractivity contribution in [2.45, 2.75) is 38.0 Å². The molecule has 0 amide bonds. The Morgan fingerprint density at radius 2 is 1.97 bits per heavy atom. The molecule has 2 aromatic carbocycles. The molecule has 162 valence electrons. The largest absolute Gasteiger partial charge is 0.493 e. The van der Waals surface area contributed by atoms with E-state index < -0.39 is 12.0 Å². The Morgan fingerprint density at radius 3 is 2.68 bits per heavy atom. The van der Waals surface area contributed by atoms with Gasteiger partial charge < -0.3 is 14.6 Å². The number of ether oxygens (including phenoxy) is 2. The van der Waals surface area contributed by atoms with E-state index in [2.05, 4.69) is 11.0 Å². The molecule has 1 aliphatic heterocycles. The number of likely N-dealkylation sites (tertiary alicyclic amines) is 1. The van der Waals surface area contributed by atoms with Crippen LogP contribution in [0.15, 0.2) is 66.0 Å². The van der Waals surface area contributed by atoms with E-state index in [9.17, 15) is 9.90 Å². The maximum Gasteiger partial charge on any atom is 0.320 e. The van der Waals surface area contributed by atoms with Gasteiger partial charge in [0, 0.05) is 4.88 Å². The normalized spacial score (nSPS) is 17.8. The molecule has 1 fully saturated rings. The van der Waals surface area contributed by atoms with Crippen molar-refractivity contribution in [1.82, 2.24) is 4.90 Å². The Kier molecular flexibility index (Phi) is 6.89. The summed E-state index contributed by atoms with van der Waals surface area (Å²) in [6, 6.07) is 19.4. The van der Waals surface area contributed by atoms with Gasteiger partial charge in [0.25, 0.3) is 0 Å². The molecule has 31 heavy (non-hydrogen) atoms. The zero-order chi connectivity index (χ0) is 21.6. The van der Waals surface area contributed by atoms with E-state index in [-0.39, 0.29) is 6.04 Å². The first-order valence-corrected chi connectivity index (χ1v) is 11.4. The molecule has 4 rings (SSSR count). The number of carbonyl (C=O) groups is 1. The molecule has 0 bridgehead atoms. The molecule has 6 heteroatoms. The summed E-state index contributed by atoms with van der Waals surface area (Å²) >= 11 is 1.65. The highest BCUT2D eigenvalue weighted by Gasteiger charge is 2.35. The number of hydrogen-bond donors (Lipinski definition) is 1. The molecule has 0 spiro atoms. The van der Waals surface area contributed by atoms with Gasteiger partial charge in [-0.05, 0) is 54.1 Å². The first-order chi connectivity index (χ1) is 15.2. The van der Waals surface area contributed by atoms with E-state index in [0.29, 0.717) is 24.5 Å². The molecule has 0 saturated carbocycles. The van der Waals surface area contributed by atoms with Crippen LogP contribution < -0.4 is 9.47 Å². The Labute approximate surface area is 186 Å². The number of rotatable bonds is 8. The predicted molar refractivity (Wildman–Crippen MR) is 122 cm³/mol. The number of piperidine rings is 1. The zero-order valence-corrected chi connectivity index (χ0v) is 18.4. The molecule has 2 unspecified atom stereocenters. The molecule has 1 aliphatic rings. The first-order valence-electron chi connectivity index (χ1n) is 10.5. The van der Waals surface area contributed by atoms with Gasteiger partial charge in [-0.25, -0.2) is 0 Å². The quantitative estimate of drug-likeness (QED) is 0.514. The number of thiophene rings is 1. The number of aliphatic carboxylic acids is 1. The summed E-state index contributed by atoms with van der Waals surface area (Å²) in [4.78, 5) is 15.2. The number of benzene rings is 2. The van der Waals surface area contributed by atoms with Gasteiger partial charge in [-0.15, -0.1) is 11.3 Å². The van der Waals surface area contributed by atoms with E-state index in [1.165, 1.54) is 0 Å². The van der Waals surface area contributed by atoms with Crippen LogP contribution in [0.5, 0.6) is 11.5 Å². The van der Waals surface area contributed by atoms with E-state index in [1.807, 2.05) is 60.0 Å². The van der Waals surface area contributed by atoms with Gasteiger partial charge in [-0.1, -0.05) is 48.9 Å². The highest BCUT2D eigenvalue weighted by molar-refractivity contribution is 7.10. The van der Waals surface area contributed by atoms with Crippen molar-refractivity contribution in [2.24, 2.45) is 0 Å². The van der Waals surface area contributed by atoms with Gasteiger partial charge in [0.2, 0.25) is 0 Å². The SMILES string of the molecule is COc1cc(C(c2cccs2)N2CCCCC2C(=O)O)ccc1OCc1ccccc1. The number of nitrogens with zero attached hydrogens (tertiary/aromatic N) is 1. The van der Waals surface area contributed by atoms with Crippen molar-refractivity contribution >= 4 is 17.3 Å². The van der Waals surface area contributed by atoms with Gasteiger partial charge in [-0.3, -0.25) is 9.69 Å². The smallest absolute Gasteiger partial charge is 0.320 e. The number of hydrogen-bond acceptors (Lipinski definition) is 5. The summed E-state index contributed by atoms with van der Waals surface area (Å²) in [7, 11) is 1.63. The monoisotopic (exact) mass is 437 g/mol. The number of methoxy groups -OCH3 is 1.